The number of hydrogen-bond acceptors (Lipinski definition) is 7. The van der Waals surface area contributed by atoms with Gasteiger partial charge in [-0.1, -0.05) is 5.16 Å². The number of aromatic nitrogens is 3. The monoisotopic (exact) mass is 284 g/mol. The first-order valence-electron chi connectivity index (χ1n) is 6.88. The summed E-state index contributed by atoms with van der Waals surface area (Å²) in [5.41, 5.74) is 0.624. The van der Waals surface area contributed by atoms with E-state index in [4.69, 9.17) is 9.78 Å². The Morgan fingerprint density at radius 2 is 2.14 bits per heavy atom. The van der Waals surface area contributed by atoms with Gasteiger partial charge < -0.3 is 9.42 Å². The van der Waals surface area contributed by atoms with Crippen LogP contribution in [0.4, 0.5) is 5.82 Å². The predicted molar refractivity (Wildman–Crippen MR) is 75.5 cm³/mol. The Balaban J connectivity index is 1.61. The fraction of sp³-hybridized carbons (Fsp3) is 0.429. The van der Waals surface area contributed by atoms with E-state index in [2.05, 4.69) is 31.0 Å². The molecular weight excluding hydrogens is 268 g/mol. The van der Waals surface area contributed by atoms with Crippen LogP contribution in [-0.2, 0) is 6.54 Å². The number of rotatable bonds is 3. The summed E-state index contributed by atoms with van der Waals surface area (Å²) in [7, 11) is 0. The fourth-order valence-electron chi connectivity index (χ4n) is 2.45. The van der Waals surface area contributed by atoms with Crippen LogP contribution < -0.4 is 4.90 Å². The molecule has 3 heterocycles. The van der Waals surface area contributed by atoms with E-state index in [1.54, 1.807) is 18.3 Å². The lowest BCUT2D eigenvalue weighted by molar-refractivity contribution is 0.215. The van der Waals surface area contributed by atoms with E-state index in [-0.39, 0.29) is 0 Å². The van der Waals surface area contributed by atoms with Gasteiger partial charge in [0.05, 0.1) is 12.1 Å². The maximum atomic E-state index is 9.14. The molecular formula is C14H16N6O. The number of nitrogens with zero attached hydrogens (tertiary/aromatic N) is 6. The summed E-state index contributed by atoms with van der Waals surface area (Å²) >= 11 is 0. The summed E-state index contributed by atoms with van der Waals surface area (Å²) < 4.78 is 5.14. The van der Waals surface area contributed by atoms with Crippen molar-refractivity contribution in [1.29, 1.82) is 5.26 Å². The van der Waals surface area contributed by atoms with Crippen LogP contribution in [0, 0.1) is 18.3 Å². The quantitative estimate of drug-likeness (QED) is 0.830. The molecule has 108 valence electrons. The number of aryl methyl sites for hydroxylation is 1. The van der Waals surface area contributed by atoms with Crippen LogP contribution in [0.1, 0.15) is 17.3 Å². The summed E-state index contributed by atoms with van der Waals surface area (Å²) in [6.07, 6.45) is 1.73. The van der Waals surface area contributed by atoms with Crippen LogP contribution in [0.25, 0.3) is 0 Å². The van der Waals surface area contributed by atoms with Crippen LogP contribution in [0.15, 0.2) is 22.9 Å². The van der Waals surface area contributed by atoms with Crippen LogP contribution in [0.5, 0.6) is 0 Å². The Hall–Kier alpha value is -2.46. The highest BCUT2D eigenvalue weighted by molar-refractivity contribution is 5.53. The largest absolute Gasteiger partial charge is 0.353 e. The number of nitriles is 1. The second-order valence-electron chi connectivity index (χ2n) is 4.98. The molecule has 1 aliphatic rings. The lowest BCUT2D eigenvalue weighted by Crippen LogP contribution is -2.46. The minimum Gasteiger partial charge on any atom is -0.353 e. The first-order chi connectivity index (χ1) is 10.3. The van der Waals surface area contributed by atoms with Gasteiger partial charge in [0.1, 0.15) is 11.9 Å². The molecule has 0 atom stereocenters. The molecule has 0 spiro atoms. The normalized spacial score (nSPS) is 15.9. The van der Waals surface area contributed by atoms with Gasteiger partial charge in [-0.3, -0.25) is 4.90 Å². The van der Waals surface area contributed by atoms with Crippen molar-refractivity contribution < 1.29 is 4.52 Å². The van der Waals surface area contributed by atoms with Crippen molar-refractivity contribution in [3.8, 4) is 6.07 Å². The average molecular weight is 284 g/mol. The summed E-state index contributed by atoms with van der Waals surface area (Å²) in [4.78, 5) is 13.0. The summed E-state index contributed by atoms with van der Waals surface area (Å²) in [5.74, 6) is 2.08. The number of piperazine rings is 1. The average Bonchev–Trinajstić information content (AvgIpc) is 2.93. The molecule has 3 rings (SSSR count). The van der Waals surface area contributed by atoms with E-state index in [0.717, 1.165) is 32.0 Å². The molecule has 0 amide bonds. The van der Waals surface area contributed by atoms with Crippen molar-refractivity contribution in [2.45, 2.75) is 13.5 Å². The maximum Gasteiger partial charge on any atom is 0.240 e. The van der Waals surface area contributed by atoms with E-state index in [1.165, 1.54) is 0 Å². The van der Waals surface area contributed by atoms with E-state index >= 15 is 0 Å². The van der Waals surface area contributed by atoms with Gasteiger partial charge in [-0.25, -0.2) is 4.98 Å². The molecule has 1 aliphatic heterocycles. The molecule has 21 heavy (non-hydrogen) atoms. The molecule has 0 saturated carbocycles. The third-order valence-corrected chi connectivity index (χ3v) is 3.51. The fourth-order valence-corrected chi connectivity index (χ4v) is 2.45. The predicted octanol–water partition coefficient (Wildman–Crippen LogP) is 0.967. The van der Waals surface area contributed by atoms with E-state index < -0.39 is 0 Å². The Morgan fingerprint density at radius 1 is 1.33 bits per heavy atom. The van der Waals surface area contributed by atoms with Gasteiger partial charge in [0, 0.05) is 32.4 Å². The van der Waals surface area contributed by atoms with Gasteiger partial charge in [-0.2, -0.15) is 10.2 Å². The standard InChI is InChI=1S/C14H16N6O/c1-11-17-13(21-18-11)10-19-5-7-20(8-6-19)14-12(9-15)3-2-4-16-14/h2-4H,5-8,10H2,1H3. The second kappa shape index (κ2) is 5.89. The third kappa shape index (κ3) is 3.01. The molecule has 2 aromatic rings. The molecule has 0 radical (unpaired) electrons. The Bertz CT molecular complexity index is 653. The topological polar surface area (TPSA) is 82.1 Å². The molecule has 0 unspecified atom stereocenters. The van der Waals surface area contributed by atoms with Gasteiger partial charge in [0.25, 0.3) is 0 Å². The van der Waals surface area contributed by atoms with Gasteiger partial charge in [0.2, 0.25) is 5.89 Å². The zero-order valence-corrected chi connectivity index (χ0v) is 11.9. The maximum absolute atomic E-state index is 9.14. The van der Waals surface area contributed by atoms with Crippen LogP contribution in [0.3, 0.4) is 0 Å². The van der Waals surface area contributed by atoms with Crippen molar-refractivity contribution in [3.05, 3.63) is 35.6 Å². The smallest absolute Gasteiger partial charge is 0.240 e. The highest BCUT2D eigenvalue weighted by Gasteiger charge is 2.21. The van der Waals surface area contributed by atoms with Crippen molar-refractivity contribution in [1.82, 2.24) is 20.0 Å². The Labute approximate surface area is 122 Å². The summed E-state index contributed by atoms with van der Waals surface area (Å²) in [6, 6.07) is 5.79. The van der Waals surface area contributed by atoms with Crippen LogP contribution >= 0.6 is 0 Å². The molecule has 0 aliphatic carbocycles. The lowest BCUT2D eigenvalue weighted by Gasteiger charge is -2.34. The lowest BCUT2D eigenvalue weighted by atomic mass is 10.2. The molecule has 0 aromatic carbocycles. The molecule has 2 aromatic heterocycles. The molecule has 7 nitrogen and oxygen atoms in total. The van der Waals surface area contributed by atoms with Gasteiger partial charge in [0.15, 0.2) is 5.82 Å². The number of pyridine rings is 1. The third-order valence-electron chi connectivity index (χ3n) is 3.51. The highest BCUT2D eigenvalue weighted by Crippen LogP contribution is 2.18. The SMILES string of the molecule is Cc1noc(CN2CCN(c3ncccc3C#N)CC2)n1. The van der Waals surface area contributed by atoms with Gasteiger partial charge in [-0.15, -0.1) is 0 Å². The minimum atomic E-state index is 0.624. The summed E-state index contributed by atoms with van der Waals surface area (Å²) in [6.45, 7) is 5.90. The summed E-state index contributed by atoms with van der Waals surface area (Å²) in [5, 5.41) is 12.9. The van der Waals surface area contributed by atoms with E-state index in [9.17, 15) is 0 Å². The van der Waals surface area contributed by atoms with Crippen molar-refractivity contribution in [2.75, 3.05) is 31.1 Å². The molecule has 0 N–H and O–H groups in total. The minimum absolute atomic E-state index is 0.624. The van der Waals surface area contributed by atoms with E-state index in [0.29, 0.717) is 23.8 Å². The first kappa shape index (κ1) is 13.5. The van der Waals surface area contributed by atoms with Gasteiger partial charge >= 0.3 is 0 Å². The zero-order chi connectivity index (χ0) is 14.7. The highest BCUT2D eigenvalue weighted by atomic mass is 16.5. The van der Waals surface area contributed by atoms with Crippen LogP contribution in [0.2, 0.25) is 0 Å². The van der Waals surface area contributed by atoms with Crippen molar-refractivity contribution in [3.63, 3.8) is 0 Å². The molecule has 1 fully saturated rings. The number of hydrogen-bond donors (Lipinski definition) is 0. The molecule has 7 heteroatoms. The zero-order valence-electron chi connectivity index (χ0n) is 11.9. The van der Waals surface area contributed by atoms with Crippen molar-refractivity contribution >= 4 is 5.82 Å². The number of anilines is 1. The van der Waals surface area contributed by atoms with Crippen LogP contribution in [-0.4, -0.2) is 46.2 Å². The van der Waals surface area contributed by atoms with Crippen molar-refractivity contribution in [2.24, 2.45) is 0 Å². The van der Waals surface area contributed by atoms with Gasteiger partial charge in [-0.05, 0) is 19.1 Å². The van der Waals surface area contributed by atoms with E-state index in [1.807, 2.05) is 6.92 Å². The molecule has 0 bridgehead atoms. The molecule has 1 saturated heterocycles. The second-order valence-corrected chi connectivity index (χ2v) is 4.98. The Morgan fingerprint density at radius 3 is 2.81 bits per heavy atom. The Kier molecular flexibility index (Phi) is 3.79. The first-order valence-corrected chi connectivity index (χ1v) is 6.88.